The number of piperazine rings is 1. The number of benzene rings is 2. The molecule has 3 aliphatic rings. The Morgan fingerprint density at radius 2 is 1.74 bits per heavy atom. The van der Waals surface area contributed by atoms with Crippen molar-refractivity contribution >= 4 is 28.9 Å². The number of fused-ring (bicyclic) bond motifs is 2. The van der Waals surface area contributed by atoms with Crippen LogP contribution in [0.4, 0.5) is 11.6 Å². The first-order chi connectivity index (χ1) is 18.6. The first-order valence-electron chi connectivity index (χ1n) is 13.2. The van der Waals surface area contributed by atoms with E-state index in [4.69, 9.17) is 31.1 Å². The van der Waals surface area contributed by atoms with Gasteiger partial charge in [-0.05, 0) is 55.5 Å². The zero-order chi connectivity index (χ0) is 26.2. The van der Waals surface area contributed by atoms with Crippen LogP contribution in [-0.2, 0) is 19.3 Å². The van der Waals surface area contributed by atoms with E-state index >= 15 is 0 Å². The SMILES string of the molecule is COc1cc2c(cc1OC)C(C1CCc3nc(N4CCN(c5ccccc5Cl)CC4)[nH]c(=O)c3C1)=NCC2. The smallest absolute Gasteiger partial charge is 0.255 e. The molecule has 1 N–H and O–H groups in total. The third kappa shape index (κ3) is 4.51. The van der Waals surface area contributed by atoms with Gasteiger partial charge in [0.2, 0.25) is 5.95 Å². The lowest BCUT2D eigenvalue weighted by Gasteiger charge is -2.37. The van der Waals surface area contributed by atoms with Gasteiger partial charge in [0.15, 0.2) is 11.5 Å². The van der Waals surface area contributed by atoms with Crippen molar-refractivity contribution in [2.45, 2.75) is 25.7 Å². The molecule has 2 aromatic carbocycles. The highest BCUT2D eigenvalue weighted by Gasteiger charge is 2.31. The third-order valence-electron chi connectivity index (χ3n) is 7.98. The Morgan fingerprint density at radius 1 is 1.00 bits per heavy atom. The molecule has 0 radical (unpaired) electrons. The van der Waals surface area contributed by atoms with Crippen LogP contribution in [0.2, 0.25) is 5.02 Å². The summed E-state index contributed by atoms with van der Waals surface area (Å²) in [5.41, 5.74) is 6.11. The number of aliphatic imine (C=N–C) groups is 1. The average molecular weight is 534 g/mol. The summed E-state index contributed by atoms with van der Waals surface area (Å²) in [6.07, 6.45) is 3.19. The number of halogens is 1. The maximum absolute atomic E-state index is 13.3. The largest absolute Gasteiger partial charge is 0.493 e. The van der Waals surface area contributed by atoms with Crippen molar-refractivity contribution in [1.82, 2.24) is 9.97 Å². The summed E-state index contributed by atoms with van der Waals surface area (Å²) in [7, 11) is 3.31. The van der Waals surface area contributed by atoms with Crippen molar-refractivity contribution in [2.24, 2.45) is 10.9 Å². The molecule has 3 aromatic rings. The first kappa shape index (κ1) is 24.8. The van der Waals surface area contributed by atoms with Gasteiger partial charge >= 0.3 is 0 Å². The van der Waals surface area contributed by atoms with E-state index in [0.29, 0.717) is 18.1 Å². The number of nitrogens with one attached hydrogen (secondary N) is 1. The van der Waals surface area contributed by atoms with Crippen LogP contribution in [0.1, 0.15) is 28.8 Å². The summed E-state index contributed by atoms with van der Waals surface area (Å²) in [5, 5.41) is 0.763. The van der Waals surface area contributed by atoms with Crippen LogP contribution in [-0.4, -0.2) is 62.6 Å². The van der Waals surface area contributed by atoms with E-state index in [1.165, 1.54) is 5.56 Å². The summed E-state index contributed by atoms with van der Waals surface area (Å²) in [6, 6.07) is 12.0. The van der Waals surface area contributed by atoms with E-state index in [1.807, 2.05) is 24.3 Å². The van der Waals surface area contributed by atoms with E-state index in [9.17, 15) is 4.79 Å². The molecule has 198 valence electrons. The number of aryl methyl sites for hydroxylation is 1. The minimum atomic E-state index is -0.0350. The van der Waals surface area contributed by atoms with Crippen molar-refractivity contribution in [3.63, 3.8) is 0 Å². The van der Waals surface area contributed by atoms with Crippen molar-refractivity contribution in [2.75, 3.05) is 56.7 Å². The Kier molecular flexibility index (Phi) is 6.74. The van der Waals surface area contributed by atoms with Crippen molar-refractivity contribution in [3.8, 4) is 11.5 Å². The van der Waals surface area contributed by atoms with Gasteiger partial charge in [-0.3, -0.25) is 14.8 Å². The van der Waals surface area contributed by atoms with Crippen molar-refractivity contribution in [3.05, 3.63) is 74.2 Å². The van der Waals surface area contributed by atoms with Crippen LogP contribution in [0.5, 0.6) is 11.5 Å². The molecule has 6 rings (SSSR count). The molecular weight excluding hydrogens is 502 g/mol. The van der Waals surface area contributed by atoms with Gasteiger partial charge in [-0.1, -0.05) is 23.7 Å². The third-order valence-corrected chi connectivity index (χ3v) is 8.30. The molecule has 1 atom stereocenters. The Bertz CT molecular complexity index is 1440. The molecule has 38 heavy (non-hydrogen) atoms. The number of aromatic amines is 1. The van der Waals surface area contributed by atoms with Gasteiger partial charge in [-0.15, -0.1) is 0 Å². The van der Waals surface area contributed by atoms with Crippen LogP contribution in [0, 0.1) is 5.92 Å². The highest BCUT2D eigenvalue weighted by molar-refractivity contribution is 6.33. The lowest BCUT2D eigenvalue weighted by Crippen LogP contribution is -2.48. The highest BCUT2D eigenvalue weighted by atomic mass is 35.5. The molecule has 8 nitrogen and oxygen atoms in total. The maximum atomic E-state index is 13.3. The lowest BCUT2D eigenvalue weighted by molar-refractivity contribution is 0.354. The number of ether oxygens (including phenoxy) is 2. The van der Waals surface area contributed by atoms with Gasteiger partial charge in [0.1, 0.15) is 0 Å². The molecule has 0 amide bonds. The molecule has 1 fully saturated rings. The zero-order valence-electron chi connectivity index (χ0n) is 21.8. The monoisotopic (exact) mass is 533 g/mol. The maximum Gasteiger partial charge on any atom is 0.255 e. The van der Waals surface area contributed by atoms with Crippen molar-refractivity contribution in [1.29, 1.82) is 0 Å². The minimum absolute atomic E-state index is 0.0350. The van der Waals surface area contributed by atoms with Gasteiger partial charge in [-0.2, -0.15) is 0 Å². The molecular formula is C29H32ClN5O3. The summed E-state index contributed by atoms with van der Waals surface area (Å²) < 4.78 is 11.1. The molecule has 0 bridgehead atoms. The fraction of sp³-hybridized carbons (Fsp3) is 0.414. The minimum Gasteiger partial charge on any atom is -0.493 e. The van der Waals surface area contributed by atoms with Crippen LogP contribution >= 0.6 is 11.6 Å². The number of H-pyrrole nitrogens is 1. The van der Waals surface area contributed by atoms with Gasteiger partial charge in [0.05, 0.1) is 30.6 Å². The number of hydrogen-bond acceptors (Lipinski definition) is 7. The van der Waals surface area contributed by atoms with Crippen LogP contribution in [0.3, 0.4) is 0 Å². The van der Waals surface area contributed by atoms with Crippen LogP contribution in [0.15, 0.2) is 46.2 Å². The van der Waals surface area contributed by atoms with Gasteiger partial charge in [-0.25, -0.2) is 4.98 Å². The summed E-state index contributed by atoms with van der Waals surface area (Å²) in [4.78, 5) is 30.7. The number of rotatable bonds is 5. The van der Waals surface area contributed by atoms with Crippen LogP contribution < -0.4 is 24.8 Å². The number of nitrogens with zero attached hydrogens (tertiary/aromatic N) is 4. The Hall–Kier alpha value is -3.52. The summed E-state index contributed by atoms with van der Waals surface area (Å²) in [5.74, 6) is 2.29. The Labute approximate surface area is 227 Å². The predicted octanol–water partition coefficient (Wildman–Crippen LogP) is 3.92. The predicted molar refractivity (Wildman–Crippen MR) is 151 cm³/mol. The number of aromatic nitrogens is 2. The van der Waals surface area contributed by atoms with E-state index in [2.05, 4.69) is 26.9 Å². The van der Waals surface area contributed by atoms with E-state index in [-0.39, 0.29) is 11.5 Å². The number of para-hydroxylation sites is 1. The van der Waals surface area contributed by atoms with E-state index in [0.717, 1.165) is 91.0 Å². The van der Waals surface area contributed by atoms with Gasteiger partial charge in [0.25, 0.3) is 5.56 Å². The average Bonchev–Trinajstić information content (AvgIpc) is 2.96. The number of anilines is 2. The molecule has 2 aliphatic heterocycles. The van der Waals surface area contributed by atoms with E-state index in [1.54, 1.807) is 14.2 Å². The quantitative estimate of drug-likeness (QED) is 0.535. The molecule has 1 aliphatic carbocycles. The summed E-state index contributed by atoms with van der Waals surface area (Å²) in [6.45, 7) is 3.93. The summed E-state index contributed by atoms with van der Waals surface area (Å²) >= 11 is 6.40. The second kappa shape index (κ2) is 10.3. The first-order valence-corrected chi connectivity index (χ1v) is 13.6. The molecule has 0 spiro atoms. The van der Waals surface area contributed by atoms with Gasteiger partial charge in [0, 0.05) is 55.5 Å². The standard InChI is InChI=1S/C29H32ClN5O3/c1-37-25-16-18-9-10-31-27(20(18)17-26(25)38-2)19-7-8-23-21(15-19)28(36)33-29(32-23)35-13-11-34(12-14-35)24-6-4-3-5-22(24)30/h3-6,16-17,19H,7-15H2,1-2H3,(H,32,33,36). The fourth-order valence-electron chi connectivity index (χ4n) is 5.96. The second-order valence-corrected chi connectivity index (χ2v) is 10.5. The van der Waals surface area contributed by atoms with E-state index < -0.39 is 0 Å². The second-order valence-electron chi connectivity index (χ2n) is 10.1. The molecule has 0 saturated carbocycles. The number of methoxy groups -OCH3 is 2. The van der Waals surface area contributed by atoms with Crippen LogP contribution in [0.25, 0.3) is 0 Å². The Morgan fingerprint density at radius 3 is 2.50 bits per heavy atom. The number of hydrogen-bond donors (Lipinski definition) is 1. The molecule has 1 saturated heterocycles. The normalized spacial score (nSPS) is 18.9. The lowest BCUT2D eigenvalue weighted by atomic mass is 9.79. The Balaban J connectivity index is 1.20. The zero-order valence-corrected chi connectivity index (χ0v) is 22.6. The van der Waals surface area contributed by atoms with Gasteiger partial charge < -0.3 is 19.3 Å². The topological polar surface area (TPSA) is 83.0 Å². The molecule has 9 heteroatoms. The highest BCUT2D eigenvalue weighted by Crippen LogP contribution is 2.36. The molecule has 1 aromatic heterocycles. The molecule has 3 heterocycles. The molecule has 1 unspecified atom stereocenters. The van der Waals surface area contributed by atoms with Crippen molar-refractivity contribution < 1.29 is 9.47 Å². The fourth-order valence-corrected chi connectivity index (χ4v) is 6.21.